The van der Waals surface area contributed by atoms with Crippen LogP contribution in [0.2, 0.25) is 5.02 Å². The number of halogens is 2. The Morgan fingerprint density at radius 2 is 1.83 bits per heavy atom. The number of amides is 1. The van der Waals surface area contributed by atoms with Crippen molar-refractivity contribution >= 4 is 17.5 Å². The highest BCUT2D eigenvalue weighted by molar-refractivity contribution is 6.30. The number of methoxy groups -OCH3 is 2. The van der Waals surface area contributed by atoms with Crippen molar-refractivity contribution in [2.45, 2.75) is 13.0 Å². The lowest BCUT2D eigenvalue weighted by atomic mass is 10.1. The van der Waals surface area contributed by atoms with Gasteiger partial charge in [0.25, 0.3) is 0 Å². The fourth-order valence-corrected chi connectivity index (χ4v) is 2.46. The van der Waals surface area contributed by atoms with Gasteiger partial charge < -0.3 is 14.4 Å². The van der Waals surface area contributed by atoms with Crippen LogP contribution < -0.4 is 9.47 Å². The van der Waals surface area contributed by atoms with Gasteiger partial charge in [-0.15, -0.1) is 0 Å². The molecular weight excluding hydrogens is 333 g/mol. The van der Waals surface area contributed by atoms with Gasteiger partial charge in [-0.1, -0.05) is 23.7 Å². The van der Waals surface area contributed by atoms with E-state index in [2.05, 4.69) is 0 Å². The summed E-state index contributed by atoms with van der Waals surface area (Å²) in [5.41, 5.74) is 1.21. The molecule has 2 rings (SSSR count). The average Bonchev–Trinajstić information content (AvgIpc) is 2.57. The zero-order valence-electron chi connectivity index (χ0n) is 13.8. The molecule has 0 bridgehead atoms. The first-order valence-electron chi connectivity index (χ1n) is 7.33. The minimum Gasteiger partial charge on any atom is -0.493 e. The number of hydrogen-bond donors (Lipinski definition) is 0. The zero-order chi connectivity index (χ0) is 17.7. The van der Waals surface area contributed by atoms with Crippen molar-refractivity contribution in [3.8, 4) is 11.5 Å². The molecule has 0 aliphatic rings. The third-order valence-corrected chi connectivity index (χ3v) is 3.89. The minimum atomic E-state index is -0.477. The SMILES string of the molecule is COc1ccc(CN(C)C(=O)Cc2ccc(Cl)cc2F)cc1OC. The smallest absolute Gasteiger partial charge is 0.227 e. The molecule has 24 heavy (non-hydrogen) atoms. The van der Waals surface area contributed by atoms with Crippen LogP contribution in [-0.4, -0.2) is 32.1 Å². The van der Waals surface area contributed by atoms with Crippen molar-refractivity contribution in [1.82, 2.24) is 4.90 Å². The van der Waals surface area contributed by atoms with Crippen molar-refractivity contribution in [1.29, 1.82) is 0 Å². The van der Waals surface area contributed by atoms with E-state index in [0.29, 0.717) is 28.6 Å². The summed E-state index contributed by atoms with van der Waals surface area (Å²) in [5.74, 6) is 0.555. The van der Waals surface area contributed by atoms with Crippen LogP contribution in [0.5, 0.6) is 11.5 Å². The molecule has 0 heterocycles. The molecule has 0 aromatic heterocycles. The Morgan fingerprint density at radius 3 is 2.46 bits per heavy atom. The number of carbonyl (C=O) groups excluding carboxylic acids is 1. The summed E-state index contributed by atoms with van der Waals surface area (Å²) < 4.78 is 24.2. The Morgan fingerprint density at radius 1 is 1.12 bits per heavy atom. The van der Waals surface area contributed by atoms with Gasteiger partial charge in [0.15, 0.2) is 11.5 Å². The van der Waals surface area contributed by atoms with E-state index in [1.165, 1.54) is 17.0 Å². The number of benzene rings is 2. The monoisotopic (exact) mass is 351 g/mol. The van der Waals surface area contributed by atoms with Crippen LogP contribution in [0.1, 0.15) is 11.1 Å². The van der Waals surface area contributed by atoms with Gasteiger partial charge in [-0.3, -0.25) is 4.79 Å². The molecule has 2 aromatic carbocycles. The van der Waals surface area contributed by atoms with E-state index in [9.17, 15) is 9.18 Å². The van der Waals surface area contributed by atoms with Crippen molar-refractivity contribution in [2.24, 2.45) is 0 Å². The van der Waals surface area contributed by atoms with E-state index in [4.69, 9.17) is 21.1 Å². The maximum absolute atomic E-state index is 13.8. The minimum absolute atomic E-state index is 0.0210. The molecule has 0 aliphatic carbocycles. The van der Waals surface area contributed by atoms with Gasteiger partial charge in [-0.25, -0.2) is 4.39 Å². The lowest BCUT2D eigenvalue weighted by Gasteiger charge is -2.18. The predicted octanol–water partition coefficient (Wildman–Crippen LogP) is 3.70. The van der Waals surface area contributed by atoms with Gasteiger partial charge in [0.1, 0.15) is 5.82 Å². The van der Waals surface area contributed by atoms with Crippen LogP contribution in [0.15, 0.2) is 36.4 Å². The second kappa shape index (κ2) is 8.02. The second-order valence-electron chi connectivity index (χ2n) is 5.35. The molecule has 4 nitrogen and oxygen atoms in total. The molecule has 1 amide bonds. The normalized spacial score (nSPS) is 10.4. The molecule has 0 aliphatic heterocycles. The molecule has 128 valence electrons. The van der Waals surface area contributed by atoms with Gasteiger partial charge in [-0.05, 0) is 35.4 Å². The quantitative estimate of drug-likeness (QED) is 0.796. The summed E-state index contributed by atoms with van der Waals surface area (Å²) in [4.78, 5) is 13.8. The maximum Gasteiger partial charge on any atom is 0.227 e. The fraction of sp³-hybridized carbons (Fsp3) is 0.278. The summed E-state index contributed by atoms with van der Waals surface area (Å²) in [6, 6.07) is 9.75. The molecule has 0 unspecified atom stereocenters. The number of rotatable bonds is 6. The topological polar surface area (TPSA) is 38.8 Å². The molecule has 0 atom stereocenters. The van der Waals surface area contributed by atoms with Crippen LogP contribution in [0, 0.1) is 5.82 Å². The molecule has 0 saturated carbocycles. The van der Waals surface area contributed by atoms with Gasteiger partial charge in [0.05, 0.1) is 20.6 Å². The Kier molecular flexibility index (Phi) is 6.04. The summed E-state index contributed by atoms with van der Waals surface area (Å²) in [7, 11) is 4.79. The van der Waals surface area contributed by atoms with Crippen LogP contribution in [0.3, 0.4) is 0 Å². The van der Waals surface area contributed by atoms with Crippen molar-refractivity contribution < 1.29 is 18.7 Å². The summed E-state index contributed by atoms with van der Waals surface area (Å²) >= 11 is 5.72. The van der Waals surface area contributed by atoms with E-state index in [1.54, 1.807) is 33.4 Å². The molecular formula is C18H19ClFNO3. The Labute approximate surface area is 145 Å². The lowest BCUT2D eigenvalue weighted by Crippen LogP contribution is -2.28. The average molecular weight is 352 g/mol. The van der Waals surface area contributed by atoms with E-state index < -0.39 is 5.82 Å². The number of hydrogen-bond acceptors (Lipinski definition) is 3. The highest BCUT2D eigenvalue weighted by Gasteiger charge is 2.14. The predicted molar refractivity (Wildman–Crippen MR) is 91.1 cm³/mol. The molecule has 0 fully saturated rings. The third kappa shape index (κ3) is 4.38. The Bertz CT molecular complexity index is 736. The van der Waals surface area contributed by atoms with Crippen LogP contribution in [0.25, 0.3) is 0 Å². The number of carbonyl (C=O) groups is 1. The van der Waals surface area contributed by atoms with E-state index in [0.717, 1.165) is 5.56 Å². The van der Waals surface area contributed by atoms with Gasteiger partial charge >= 0.3 is 0 Å². The maximum atomic E-state index is 13.8. The first-order chi connectivity index (χ1) is 11.4. The van der Waals surface area contributed by atoms with E-state index in [1.807, 2.05) is 12.1 Å². The van der Waals surface area contributed by atoms with Crippen LogP contribution >= 0.6 is 11.6 Å². The summed E-state index contributed by atoms with van der Waals surface area (Å²) in [6.45, 7) is 0.383. The van der Waals surface area contributed by atoms with E-state index in [-0.39, 0.29) is 12.3 Å². The number of nitrogens with zero attached hydrogens (tertiary/aromatic N) is 1. The first-order valence-corrected chi connectivity index (χ1v) is 7.71. The van der Waals surface area contributed by atoms with Crippen molar-refractivity contribution in [2.75, 3.05) is 21.3 Å². The largest absolute Gasteiger partial charge is 0.493 e. The fourth-order valence-electron chi connectivity index (χ4n) is 2.30. The number of likely N-dealkylation sites (N-methyl/N-ethyl adjacent to an activating group) is 1. The number of ether oxygens (including phenoxy) is 2. The summed E-state index contributed by atoms with van der Waals surface area (Å²) in [5, 5.41) is 0.308. The molecule has 0 N–H and O–H groups in total. The van der Waals surface area contributed by atoms with Crippen LogP contribution in [-0.2, 0) is 17.8 Å². The Hall–Kier alpha value is -2.27. The standard InChI is InChI=1S/C18H19ClFNO3/c1-21(11-12-4-7-16(23-2)17(8-12)24-3)18(22)9-13-5-6-14(19)10-15(13)20/h4-8,10H,9,11H2,1-3H3. The van der Waals surface area contributed by atoms with Crippen molar-refractivity contribution in [3.05, 3.63) is 58.4 Å². The third-order valence-electron chi connectivity index (χ3n) is 3.65. The molecule has 0 radical (unpaired) electrons. The zero-order valence-corrected chi connectivity index (χ0v) is 14.6. The van der Waals surface area contributed by atoms with Gasteiger partial charge in [0.2, 0.25) is 5.91 Å². The van der Waals surface area contributed by atoms with Gasteiger partial charge in [0, 0.05) is 18.6 Å². The molecule has 2 aromatic rings. The molecule has 0 spiro atoms. The molecule has 0 saturated heterocycles. The lowest BCUT2D eigenvalue weighted by molar-refractivity contribution is -0.129. The first kappa shape index (κ1) is 18.1. The highest BCUT2D eigenvalue weighted by Crippen LogP contribution is 2.28. The van der Waals surface area contributed by atoms with E-state index >= 15 is 0 Å². The summed E-state index contributed by atoms with van der Waals surface area (Å²) in [6.07, 6.45) is -0.0210. The second-order valence-corrected chi connectivity index (χ2v) is 5.79. The Balaban J connectivity index is 2.06. The molecule has 6 heteroatoms. The highest BCUT2D eigenvalue weighted by atomic mass is 35.5. The van der Waals surface area contributed by atoms with Crippen molar-refractivity contribution in [3.63, 3.8) is 0 Å². The van der Waals surface area contributed by atoms with Crippen LogP contribution in [0.4, 0.5) is 4.39 Å². The van der Waals surface area contributed by atoms with Gasteiger partial charge in [-0.2, -0.15) is 0 Å².